The van der Waals surface area contributed by atoms with E-state index in [1.807, 2.05) is 6.92 Å². The predicted octanol–water partition coefficient (Wildman–Crippen LogP) is 5.47. The molecule has 0 bridgehead atoms. The van der Waals surface area contributed by atoms with Crippen molar-refractivity contribution in [2.45, 2.75) is 84.0 Å². The summed E-state index contributed by atoms with van der Waals surface area (Å²) in [5.41, 5.74) is 4.39. The van der Waals surface area contributed by atoms with E-state index in [9.17, 15) is 9.90 Å². The molecule has 4 atom stereocenters. The fourth-order valence-electron chi connectivity index (χ4n) is 5.36. The van der Waals surface area contributed by atoms with Gasteiger partial charge in [-0.2, -0.15) is 0 Å². The van der Waals surface area contributed by atoms with Crippen molar-refractivity contribution in [2.75, 3.05) is 7.11 Å². The maximum Gasteiger partial charge on any atom is 0.310 e. The Morgan fingerprint density at radius 3 is 2.58 bits per heavy atom. The molecule has 0 saturated heterocycles. The first-order valence-electron chi connectivity index (χ1n) is 9.68. The number of methoxy groups -OCH3 is 1. The molecule has 1 fully saturated rings. The third-order valence-electron chi connectivity index (χ3n) is 6.43. The summed E-state index contributed by atoms with van der Waals surface area (Å²) < 4.78 is 11.4. The maximum absolute atomic E-state index is 12.0. The Labute approximate surface area is 156 Å². The first-order valence-corrected chi connectivity index (χ1v) is 9.68. The minimum atomic E-state index is -0.786. The molecule has 1 saturated carbocycles. The summed E-state index contributed by atoms with van der Waals surface area (Å²) in [6.45, 7) is 10.7. The summed E-state index contributed by atoms with van der Waals surface area (Å²) >= 11 is 0. The highest BCUT2D eigenvalue weighted by atomic mass is 16.7. The van der Waals surface area contributed by atoms with Gasteiger partial charge in [0.05, 0.1) is 12.0 Å². The number of ether oxygens (including phenoxy) is 2. The van der Waals surface area contributed by atoms with Crippen LogP contribution in [0.15, 0.2) is 12.1 Å². The number of carboxylic acids is 1. The number of benzene rings is 1. The van der Waals surface area contributed by atoms with Crippen molar-refractivity contribution in [1.82, 2.24) is 0 Å². The fraction of sp³-hybridized carbons (Fsp3) is 0.682. The first kappa shape index (κ1) is 19.4. The van der Waals surface area contributed by atoms with Gasteiger partial charge in [-0.15, -0.1) is 0 Å². The molecular weight excluding hydrogens is 328 g/mol. The Bertz CT molecular complexity index is 708. The molecule has 3 rings (SSSR count). The molecule has 26 heavy (non-hydrogen) atoms. The molecule has 1 aromatic rings. The molecule has 4 heteroatoms. The SMILES string of the molecule is CO[C@@H]1O[C@@H](C)c2c1ccc([C@@]1(C)CCCC(C)(C)C1)c2[C@@H](C)C(=O)O. The zero-order chi connectivity index (χ0) is 19.3. The van der Waals surface area contributed by atoms with Crippen LogP contribution in [0.4, 0.5) is 0 Å². The minimum absolute atomic E-state index is 0.0132. The number of hydrogen-bond acceptors (Lipinski definition) is 3. The summed E-state index contributed by atoms with van der Waals surface area (Å²) in [5, 5.41) is 9.81. The number of aliphatic carboxylic acids is 1. The topological polar surface area (TPSA) is 55.8 Å². The van der Waals surface area contributed by atoms with Gasteiger partial charge in [0, 0.05) is 12.7 Å². The van der Waals surface area contributed by atoms with Crippen LogP contribution in [0.1, 0.15) is 101 Å². The van der Waals surface area contributed by atoms with Crippen molar-refractivity contribution in [2.24, 2.45) is 5.41 Å². The van der Waals surface area contributed by atoms with Crippen molar-refractivity contribution in [3.63, 3.8) is 0 Å². The monoisotopic (exact) mass is 360 g/mol. The predicted molar refractivity (Wildman–Crippen MR) is 101 cm³/mol. The normalized spacial score (nSPS) is 31.5. The van der Waals surface area contributed by atoms with Crippen LogP contribution < -0.4 is 0 Å². The summed E-state index contributed by atoms with van der Waals surface area (Å²) in [5.74, 6) is -1.35. The second-order valence-electron chi connectivity index (χ2n) is 9.19. The van der Waals surface area contributed by atoms with Crippen molar-refractivity contribution in [1.29, 1.82) is 0 Å². The van der Waals surface area contributed by atoms with Crippen LogP contribution in [-0.2, 0) is 19.7 Å². The van der Waals surface area contributed by atoms with Crippen molar-refractivity contribution in [3.05, 3.63) is 34.4 Å². The number of carboxylic acid groups (broad SMARTS) is 1. The van der Waals surface area contributed by atoms with Crippen LogP contribution in [0.5, 0.6) is 0 Å². The van der Waals surface area contributed by atoms with E-state index in [2.05, 4.69) is 32.9 Å². The van der Waals surface area contributed by atoms with Gasteiger partial charge in [0.25, 0.3) is 0 Å². The first-order chi connectivity index (χ1) is 12.1. The lowest BCUT2D eigenvalue weighted by Gasteiger charge is -2.44. The third-order valence-corrected chi connectivity index (χ3v) is 6.43. The molecule has 0 spiro atoms. The number of carbonyl (C=O) groups is 1. The molecule has 1 heterocycles. The average molecular weight is 360 g/mol. The Hall–Kier alpha value is -1.39. The quantitative estimate of drug-likeness (QED) is 0.773. The number of hydrogen-bond donors (Lipinski definition) is 1. The Kier molecular flexibility index (Phi) is 4.95. The van der Waals surface area contributed by atoms with Gasteiger partial charge in [-0.1, -0.05) is 39.3 Å². The molecule has 1 aliphatic heterocycles. The van der Waals surface area contributed by atoms with Crippen LogP contribution in [-0.4, -0.2) is 18.2 Å². The largest absolute Gasteiger partial charge is 0.481 e. The van der Waals surface area contributed by atoms with Gasteiger partial charge in [-0.3, -0.25) is 4.79 Å². The van der Waals surface area contributed by atoms with E-state index in [4.69, 9.17) is 9.47 Å². The van der Waals surface area contributed by atoms with Crippen molar-refractivity contribution >= 4 is 5.97 Å². The molecule has 0 radical (unpaired) electrons. The molecule has 0 aromatic heterocycles. The van der Waals surface area contributed by atoms with E-state index < -0.39 is 18.2 Å². The second kappa shape index (κ2) is 6.65. The highest BCUT2D eigenvalue weighted by Gasteiger charge is 2.43. The van der Waals surface area contributed by atoms with Crippen LogP contribution in [0.25, 0.3) is 0 Å². The average Bonchev–Trinajstić information content (AvgIpc) is 2.88. The second-order valence-corrected chi connectivity index (χ2v) is 9.19. The summed E-state index contributed by atoms with van der Waals surface area (Å²) in [6.07, 6.45) is 3.99. The highest BCUT2D eigenvalue weighted by molar-refractivity contribution is 5.77. The van der Waals surface area contributed by atoms with Crippen LogP contribution in [0.3, 0.4) is 0 Å². The summed E-state index contributed by atoms with van der Waals surface area (Å²) in [4.78, 5) is 12.0. The van der Waals surface area contributed by atoms with Crippen molar-refractivity contribution < 1.29 is 19.4 Å². The van der Waals surface area contributed by atoms with E-state index in [1.54, 1.807) is 14.0 Å². The summed E-state index contributed by atoms with van der Waals surface area (Å²) in [6, 6.07) is 4.23. The Balaban J connectivity index is 2.20. The van der Waals surface area contributed by atoms with Gasteiger partial charge in [0.2, 0.25) is 0 Å². The van der Waals surface area contributed by atoms with Crippen LogP contribution >= 0.6 is 0 Å². The minimum Gasteiger partial charge on any atom is -0.481 e. The van der Waals surface area contributed by atoms with Crippen LogP contribution in [0.2, 0.25) is 0 Å². The molecule has 144 valence electrons. The molecule has 1 aromatic carbocycles. The third kappa shape index (κ3) is 3.18. The number of rotatable bonds is 4. The molecule has 0 amide bonds. The molecule has 2 aliphatic rings. The Morgan fingerprint density at radius 1 is 1.31 bits per heavy atom. The number of fused-ring (bicyclic) bond motifs is 1. The lowest BCUT2D eigenvalue weighted by Crippen LogP contribution is -2.36. The lowest BCUT2D eigenvalue weighted by molar-refractivity contribution is -0.138. The van der Waals surface area contributed by atoms with Gasteiger partial charge in [0.15, 0.2) is 6.29 Å². The van der Waals surface area contributed by atoms with Gasteiger partial charge in [-0.05, 0) is 60.6 Å². The van der Waals surface area contributed by atoms with E-state index in [0.717, 1.165) is 29.5 Å². The molecule has 1 N–H and O–H groups in total. The Morgan fingerprint density at radius 2 is 2.00 bits per heavy atom. The van der Waals surface area contributed by atoms with Gasteiger partial charge in [0.1, 0.15) is 0 Å². The smallest absolute Gasteiger partial charge is 0.310 e. The zero-order valence-electron chi connectivity index (χ0n) is 16.9. The lowest BCUT2D eigenvalue weighted by atomic mass is 9.60. The molecule has 0 unspecified atom stereocenters. The van der Waals surface area contributed by atoms with Crippen LogP contribution in [0, 0.1) is 5.41 Å². The molecule has 4 nitrogen and oxygen atoms in total. The van der Waals surface area contributed by atoms with Crippen molar-refractivity contribution in [3.8, 4) is 0 Å². The van der Waals surface area contributed by atoms with E-state index in [-0.39, 0.29) is 16.9 Å². The van der Waals surface area contributed by atoms with Gasteiger partial charge >= 0.3 is 5.97 Å². The maximum atomic E-state index is 12.0. The highest BCUT2D eigenvalue weighted by Crippen LogP contribution is 2.52. The van der Waals surface area contributed by atoms with E-state index in [0.29, 0.717) is 0 Å². The molecule has 1 aliphatic carbocycles. The summed E-state index contributed by atoms with van der Waals surface area (Å²) in [7, 11) is 1.63. The standard InChI is InChI=1S/C22H32O4/c1-13(19(23)24)17-16(22(5)11-7-10-21(3,4)12-22)9-8-15-18(17)14(2)26-20(15)25-6/h8-9,13-14,20H,7,10-12H2,1-6H3,(H,23,24)/t13-,14+,20-,22+/m1/s1. The zero-order valence-corrected chi connectivity index (χ0v) is 16.9. The van der Waals surface area contributed by atoms with Gasteiger partial charge < -0.3 is 14.6 Å². The van der Waals surface area contributed by atoms with E-state index >= 15 is 0 Å². The van der Waals surface area contributed by atoms with E-state index in [1.165, 1.54) is 18.4 Å². The van der Waals surface area contributed by atoms with Gasteiger partial charge in [-0.25, -0.2) is 0 Å². The fourth-order valence-corrected chi connectivity index (χ4v) is 5.36. The molecular formula is C22H32O4.